The maximum Gasteiger partial charge on any atom is 0.251 e. The molecule has 4 heteroatoms. The van der Waals surface area contributed by atoms with Crippen molar-refractivity contribution in [3.05, 3.63) is 60.2 Å². The van der Waals surface area contributed by atoms with Gasteiger partial charge in [-0.05, 0) is 48.9 Å². The van der Waals surface area contributed by atoms with E-state index in [1.54, 1.807) is 0 Å². The highest BCUT2D eigenvalue weighted by Gasteiger charge is 2.27. The number of likely N-dealkylation sites (tertiary alicyclic amines) is 1. The van der Waals surface area contributed by atoms with E-state index in [0.717, 1.165) is 43.5 Å². The number of nitrogens with one attached hydrogen (secondary N) is 1. The zero-order valence-corrected chi connectivity index (χ0v) is 15.3. The Bertz CT molecular complexity index is 740. The Morgan fingerprint density at radius 3 is 2.42 bits per heavy atom. The van der Waals surface area contributed by atoms with E-state index in [4.69, 9.17) is 0 Å². The van der Waals surface area contributed by atoms with Gasteiger partial charge in [0, 0.05) is 18.7 Å². The molecule has 2 aromatic carbocycles. The quantitative estimate of drug-likeness (QED) is 0.890. The molecule has 0 radical (unpaired) electrons. The van der Waals surface area contributed by atoms with Crippen LogP contribution in [0, 0.1) is 0 Å². The minimum atomic E-state index is -0.412. The second-order valence-corrected chi connectivity index (χ2v) is 6.79. The van der Waals surface area contributed by atoms with Crippen LogP contribution in [0.25, 0.3) is 11.1 Å². The molecular formula is C22H26N2O2. The van der Waals surface area contributed by atoms with E-state index in [1.165, 1.54) is 0 Å². The van der Waals surface area contributed by atoms with Crippen molar-refractivity contribution in [2.24, 2.45) is 0 Å². The number of hydrogen-bond donors (Lipinski definition) is 1. The number of amides is 2. The summed E-state index contributed by atoms with van der Waals surface area (Å²) in [4.78, 5) is 27.1. The van der Waals surface area contributed by atoms with Gasteiger partial charge in [-0.25, -0.2) is 0 Å². The SMILES string of the molecule is CCCN1CCCCC(NC(=O)c2ccc(-c3ccccc3)cc2)C1=O. The molecule has 0 bridgehead atoms. The van der Waals surface area contributed by atoms with E-state index in [2.05, 4.69) is 12.2 Å². The van der Waals surface area contributed by atoms with Gasteiger partial charge >= 0.3 is 0 Å². The predicted molar refractivity (Wildman–Crippen MR) is 104 cm³/mol. The molecule has 3 rings (SSSR count). The lowest BCUT2D eigenvalue weighted by atomic mass is 10.0. The van der Waals surface area contributed by atoms with Crippen LogP contribution in [0.1, 0.15) is 43.0 Å². The summed E-state index contributed by atoms with van der Waals surface area (Å²) in [5, 5.41) is 2.94. The lowest BCUT2D eigenvalue weighted by Gasteiger charge is -2.24. The van der Waals surface area contributed by atoms with Crippen LogP contribution in [0.3, 0.4) is 0 Å². The summed E-state index contributed by atoms with van der Waals surface area (Å²) < 4.78 is 0. The average Bonchev–Trinajstić information content (AvgIpc) is 2.85. The fourth-order valence-electron chi connectivity index (χ4n) is 3.42. The minimum Gasteiger partial charge on any atom is -0.341 e. The normalized spacial score (nSPS) is 17.7. The van der Waals surface area contributed by atoms with Gasteiger partial charge in [0.05, 0.1) is 0 Å². The Morgan fingerprint density at radius 1 is 1.04 bits per heavy atom. The van der Waals surface area contributed by atoms with Gasteiger partial charge in [-0.3, -0.25) is 9.59 Å². The Hall–Kier alpha value is -2.62. The first-order valence-electron chi connectivity index (χ1n) is 9.44. The molecule has 26 heavy (non-hydrogen) atoms. The first-order chi connectivity index (χ1) is 12.7. The second-order valence-electron chi connectivity index (χ2n) is 6.79. The van der Waals surface area contributed by atoms with Crippen LogP contribution < -0.4 is 5.32 Å². The van der Waals surface area contributed by atoms with Gasteiger partial charge in [-0.1, -0.05) is 49.4 Å². The Kier molecular flexibility index (Phi) is 6.05. The lowest BCUT2D eigenvalue weighted by molar-refractivity contribution is -0.132. The third kappa shape index (κ3) is 4.31. The van der Waals surface area contributed by atoms with E-state index < -0.39 is 6.04 Å². The highest BCUT2D eigenvalue weighted by molar-refractivity contribution is 5.98. The monoisotopic (exact) mass is 350 g/mol. The van der Waals surface area contributed by atoms with Gasteiger partial charge in [0.2, 0.25) is 5.91 Å². The van der Waals surface area contributed by atoms with Crippen molar-refractivity contribution < 1.29 is 9.59 Å². The van der Waals surface area contributed by atoms with Gasteiger partial charge in [0.25, 0.3) is 5.91 Å². The molecule has 1 unspecified atom stereocenters. The van der Waals surface area contributed by atoms with Gasteiger partial charge in [0.1, 0.15) is 6.04 Å². The standard InChI is InChI=1S/C22H26N2O2/c1-2-15-24-16-7-6-10-20(22(24)26)23-21(25)19-13-11-18(12-14-19)17-8-4-3-5-9-17/h3-5,8-9,11-14,20H,2,6-7,10,15-16H2,1H3,(H,23,25). The molecule has 1 aliphatic rings. The van der Waals surface area contributed by atoms with E-state index >= 15 is 0 Å². The Labute approximate surface area is 155 Å². The van der Waals surface area contributed by atoms with Crippen LogP contribution in [0.4, 0.5) is 0 Å². The summed E-state index contributed by atoms with van der Waals surface area (Å²) in [7, 11) is 0. The number of carbonyl (C=O) groups is 2. The van der Waals surface area contributed by atoms with E-state index in [-0.39, 0.29) is 11.8 Å². The van der Waals surface area contributed by atoms with Crippen LogP contribution >= 0.6 is 0 Å². The number of hydrogen-bond acceptors (Lipinski definition) is 2. The van der Waals surface area contributed by atoms with Gasteiger partial charge in [-0.2, -0.15) is 0 Å². The summed E-state index contributed by atoms with van der Waals surface area (Å²) in [5.74, 6) is -0.125. The first-order valence-corrected chi connectivity index (χ1v) is 9.44. The second kappa shape index (κ2) is 8.65. The summed E-state index contributed by atoms with van der Waals surface area (Å²) in [6.07, 6.45) is 3.62. The smallest absolute Gasteiger partial charge is 0.251 e. The predicted octanol–water partition coefficient (Wildman–Crippen LogP) is 3.87. The third-order valence-electron chi connectivity index (χ3n) is 4.83. The molecule has 0 aliphatic carbocycles. The molecular weight excluding hydrogens is 324 g/mol. The average molecular weight is 350 g/mol. The molecule has 2 amide bonds. The third-order valence-corrected chi connectivity index (χ3v) is 4.83. The van der Waals surface area contributed by atoms with Crippen LogP contribution in [0.15, 0.2) is 54.6 Å². The maximum atomic E-state index is 12.7. The summed E-state index contributed by atoms with van der Waals surface area (Å²) in [5.41, 5.74) is 2.78. The molecule has 1 fully saturated rings. The van der Waals surface area contributed by atoms with Crippen LogP contribution in [-0.2, 0) is 4.79 Å². The summed E-state index contributed by atoms with van der Waals surface area (Å²) in [6, 6.07) is 17.2. The zero-order chi connectivity index (χ0) is 18.4. The molecule has 4 nitrogen and oxygen atoms in total. The molecule has 1 saturated heterocycles. The van der Waals surface area contributed by atoms with Crippen LogP contribution in [0.2, 0.25) is 0 Å². The van der Waals surface area contributed by atoms with Crippen molar-refractivity contribution in [1.82, 2.24) is 10.2 Å². The Balaban J connectivity index is 1.68. The fraction of sp³-hybridized carbons (Fsp3) is 0.364. The molecule has 0 saturated carbocycles. The van der Waals surface area contributed by atoms with Crippen molar-refractivity contribution in [2.45, 2.75) is 38.6 Å². The maximum absolute atomic E-state index is 12.7. The van der Waals surface area contributed by atoms with Gasteiger partial charge < -0.3 is 10.2 Å². The van der Waals surface area contributed by atoms with Crippen LogP contribution in [-0.4, -0.2) is 35.8 Å². The van der Waals surface area contributed by atoms with E-state index in [1.807, 2.05) is 59.5 Å². The molecule has 0 aromatic heterocycles. The van der Waals surface area contributed by atoms with Crippen molar-refractivity contribution in [3.8, 4) is 11.1 Å². The lowest BCUT2D eigenvalue weighted by Crippen LogP contribution is -2.47. The number of nitrogens with zero attached hydrogens (tertiary/aromatic N) is 1. The molecule has 1 atom stereocenters. The fourth-order valence-corrected chi connectivity index (χ4v) is 3.42. The largest absolute Gasteiger partial charge is 0.341 e. The molecule has 2 aromatic rings. The first kappa shape index (κ1) is 18.2. The number of benzene rings is 2. The molecule has 1 aliphatic heterocycles. The van der Waals surface area contributed by atoms with Gasteiger partial charge in [-0.15, -0.1) is 0 Å². The van der Waals surface area contributed by atoms with E-state index in [9.17, 15) is 9.59 Å². The number of rotatable bonds is 5. The van der Waals surface area contributed by atoms with Crippen LogP contribution in [0.5, 0.6) is 0 Å². The van der Waals surface area contributed by atoms with Crippen molar-refractivity contribution in [2.75, 3.05) is 13.1 Å². The number of carbonyl (C=O) groups excluding carboxylic acids is 2. The molecule has 1 N–H and O–H groups in total. The highest BCUT2D eigenvalue weighted by Crippen LogP contribution is 2.19. The van der Waals surface area contributed by atoms with Crippen molar-refractivity contribution in [3.63, 3.8) is 0 Å². The topological polar surface area (TPSA) is 49.4 Å². The molecule has 136 valence electrons. The van der Waals surface area contributed by atoms with E-state index in [0.29, 0.717) is 12.0 Å². The van der Waals surface area contributed by atoms with Crippen molar-refractivity contribution >= 4 is 11.8 Å². The summed E-state index contributed by atoms with van der Waals surface area (Å²) in [6.45, 7) is 3.63. The molecule has 1 heterocycles. The zero-order valence-electron chi connectivity index (χ0n) is 15.3. The molecule has 0 spiro atoms. The summed E-state index contributed by atoms with van der Waals surface area (Å²) >= 11 is 0. The van der Waals surface area contributed by atoms with Crippen molar-refractivity contribution in [1.29, 1.82) is 0 Å². The minimum absolute atomic E-state index is 0.0543. The van der Waals surface area contributed by atoms with Gasteiger partial charge in [0.15, 0.2) is 0 Å². The Morgan fingerprint density at radius 2 is 1.73 bits per heavy atom. The highest BCUT2D eigenvalue weighted by atomic mass is 16.2.